The van der Waals surface area contributed by atoms with Crippen LogP contribution in [0.2, 0.25) is 0 Å². The normalized spacial score (nSPS) is 11.6. The Labute approximate surface area is 176 Å². The van der Waals surface area contributed by atoms with E-state index in [-0.39, 0.29) is 29.4 Å². The van der Waals surface area contributed by atoms with Crippen molar-refractivity contribution in [2.24, 2.45) is 0 Å². The van der Waals surface area contributed by atoms with Gasteiger partial charge in [-0.25, -0.2) is 17.5 Å². The molecule has 160 valence electrons. The number of benzene rings is 1. The summed E-state index contributed by atoms with van der Waals surface area (Å²) in [6.45, 7) is -0.00244. The summed E-state index contributed by atoms with van der Waals surface area (Å²) in [5, 5.41) is 8.54. The van der Waals surface area contributed by atoms with E-state index in [1.165, 1.54) is 50.7 Å². The third-order valence-electron chi connectivity index (χ3n) is 4.11. The molecule has 1 aromatic carbocycles. The minimum Gasteiger partial charge on any atom is -0.495 e. The maximum absolute atomic E-state index is 12.4. The summed E-state index contributed by atoms with van der Waals surface area (Å²) in [6, 6.07) is 7.76. The minimum atomic E-state index is -3.68. The van der Waals surface area contributed by atoms with Gasteiger partial charge in [-0.1, -0.05) is 6.07 Å². The highest BCUT2D eigenvalue weighted by atomic mass is 32.2. The van der Waals surface area contributed by atoms with Crippen molar-refractivity contribution >= 4 is 33.0 Å². The summed E-state index contributed by atoms with van der Waals surface area (Å²) in [5.74, 6) is -0.610. The Bertz CT molecular complexity index is 1200. The van der Waals surface area contributed by atoms with Gasteiger partial charge in [0.15, 0.2) is 0 Å². The Kier molecular flexibility index (Phi) is 6.39. The second kappa shape index (κ2) is 8.81. The first-order valence-electron chi connectivity index (χ1n) is 8.74. The van der Waals surface area contributed by atoms with E-state index in [9.17, 15) is 18.0 Å². The number of aromatic nitrogens is 2. The fourth-order valence-electron chi connectivity index (χ4n) is 2.52. The molecule has 0 radical (unpaired) electrons. The van der Waals surface area contributed by atoms with E-state index in [1.54, 1.807) is 6.07 Å². The van der Waals surface area contributed by atoms with E-state index in [4.69, 9.17) is 9.15 Å². The van der Waals surface area contributed by atoms with Crippen molar-refractivity contribution in [3.63, 3.8) is 0 Å². The van der Waals surface area contributed by atoms with E-state index in [2.05, 4.69) is 10.4 Å². The van der Waals surface area contributed by atoms with Crippen LogP contribution in [0, 0.1) is 0 Å². The minimum absolute atomic E-state index is 0.00244. The molecule has 2 heterocycles. The van der Waals surface area contributed by atoms with E-state index in [0.29, 0.717) is 10.6 Å². The maximum Gasteiger partial charge on any atom is 0.437 e. The van der Waals surface area contributed by atoms with Crippen LogP contribution < -0.4 is 15.8 Å². The van der Waals surface area contributed by atoms with Crippen molar-refractivity contribution in [1.29, 1.82) is 0 Å². The SMILES string of the molecule is COc1ccc(S(=O)(=O)N(C)C)cc1NC(=O)CCn1nc(-c2cccs2)oc1=O. The summed E-state index contributed by atoms with van der Waals surface area (Å²) in [4.78, 5) is 25.1. The van der Waals surface area contributed by atoms with Crippen LogP contribution in [0.25, 0.3) is 10.8 Å². The van der Waals surface area contributed by atoms with E-state index in [1.807, 2.05) is 11.4 Å². The third kappa shape index (κ3) is 4.61. The van der Waals surface area contributed by atoms with Crippen LogP contribution >= 0.6 is 11.3 Å². The number of rotatable bonds is 8. The maximum atomic E-state index is 12.4. The number of carbonyl (C=O) groups is 1. The number of aryl methyl sites for hydroxylation is 1. The number of ether oxygens (including phenoxy) is 1. The smallest absolute Gasteiger partial charge is 0.437 e. The molecule has 1 N–H and O–H groups in total. The first kappa shape index (κ1) is 21.7. The van der Waals surface area contributed by atoms with Crippen LogP contribution in [0.3, 0.4) is 0 Å². The van der Waals surface area contributed by atoms with Gasteiger partial charge in [-0.3, -0.25) is 4.79 Å². The lowest BCUT2D eigenvalue weighted by atomic mass is 10.2. The lowest BCUT2D eigenvalue weighted by molar-refractivity contribution is -0.116. The molecule has 30 heavy (non-hydrogen) atoms. The highest BCUT2D eigenvalue weighted by molar-refractivity contribution is 7.89. The molecule has 0 aliphatic carbocycles. The standard InChI is InChI=1S/C18H20N4O6S2/c1-21(2)30(25,26)12-6-7-14(27-3)13(11-12)19-16(23)8-9-22-18(24)28-17(20-22)15-5-4-10-29-15/h4-7,10-11H,8-9H2,1-3H3,(H,19,23). The first-order chi connectivity index (χ1) is 14.2. The van der Waals surface area contributed by atoms with Crippen LogP contribution in [0.1, 0.15) is 6.42 Å². The predicted octanol–water partition coefficient (Wildman–Crippen LogP) is 1.85. The van der Waals surface area contributed by atoms with Crippen molar-refractivity contribution in [2.75, 3.05) is 26.5 Å². The topological polar surface area (TPSA) is 124 Å². The molecule has 3 rings (SSSR count). The molecule has 2 aromatic heterocycles. The zero-order valence-corrected chi connectivity index (χ0v) is 18.1. The van der Waals surface area contributed by atoms with Gasteiger partial charge < -0.3 is 14.5 Å². The number of thiophene rings is 1. The summed E-state index contributed by atoms with van der Waals surface area (Å²) in [5.41, 5.74) is 0.206. The van der Waals surface area contributed by atoms with Gasteiger partial charge in [0.25, 0.3) is 5.89 Å². The number of carbonyl (C=O) groups excluding carboxylic acids is 1. The number of hydrogen-bond donors (Lipinski definition) is 1. The lowest BCUT2D eigenvalue weighted by Gasteiger charge is -2.15. The summed E-state index contributed by atoms with van der Waals surface area (Å²) in [7, 11) is 0.558. The van der Waals surface area contributed by atoms with Crippen molar-refractivity contribution in [1.82, 2.24) is 14.1 Å². The number of sulfonamides is 1. The summed E-state index contributed by atoms with van der Waals surface area (Å²) in [6.07, 6.45) is -0.0792. The summed E-state index contributed by atoms with van der Waals surface area (Å²) < 4.78 is 37.1. The second-order valence-corrected chi connectivity index (χ2v) is 9.42. The number of hydrogen-bond acceptors (Lipinski definition) is 8. The number of methoxy groups -OCH3 is 1. The highest BCUT2D eigenvalue weighted by Gasteiger charge is 2.20. The lowest BCUT2D eigenvalue weighted by Crippen LogP contribution is -2.23. The van der Waals surface area contributed by atoms with Gasteiger partial charge in [-0.05, 0) is 29.6 Å². The average Bonchev–Trinajstić information content (AvgIpc) is 3.36. The highest BCUT2D eigenvalue weighted by Crippen LogP contribution is 2.28. The van der Waals surface area contributed by atoms with Crippen molar-refractivity contribution < 1.29 is 22.4 Å². The molecule has 3 aromatic rings. The average molecular weight is 453 g/mol. The molecular weight excluding hydrogens is 432 g/mol. The largest absolute Gasteiger partial charge is 0.495 e. The molecule has 10 nitrogen and oxygen atoms in total. The van der Waals surface area contributed by atoms with Crippen LogP contribution in [-0.2, 0) is 21.4 Å². The van der Waals surface area contributed by atoms with E-state index >= 15 is 0 Å². The molecule has 0 aliphatic heterocycles. The fraction of sp³-hybridized carbons (Fsp3) is 0.278. The van der Waals surface area contributed by atoms with Crippen LogP contribution in [0.15, 0.2) is 49.8 Å². The van der Waals surface area contributed by atoms with Crippen LogP contribution in [0.4, 0.5) is 5.69 Å². The molecule has 12 heteroatoms. The van der Waals surface area contributed by atoms with E-state index < -0.39 is 21.7 Å². The van der Waals surface area contributed by atoms with Crippen molar-refractivity contribution in [3.8, 4) is 16.5 Å². The Morgan fingerprint density at radius 2 is 2.10 bits per heavy atom. The number of nitrogens with one attached hydrogen (secondary N) is 1. The van der Waals surface area contributed by atoms with Crippen molar-refractivity contribution in [3.05, 3.63) is 46.3 Å². The van der Waals surface area contributed by atoms with Crippen molar-refractivity contribution in [2.45, 2.75) is 17.9 Å². The monoisotopic (exact) mass is 452 g/mol. The summed E-state index contributed by atoms with van der Waals surface area (Å²) >= 11 is 1.38. The van der Waals surface area contributed by atoms with Gasteiger partial charge in [0.2, 0.25) is 15.9 Å². The van der Waals surface area contributed by atoms with Gasteiger partial charge >= 0.3 is 5.76 Å². The molecular formula is C18H20N4O6S2. The zero-order chi connectivity index (χ0) is 21.9. The number of nitrogens with zero attached hydrogens (tertiary/aromatic N) is 3. The molecule has 0 bridgehead atoms. The van der Waals surface area contributed by atoms with E-state index in [0.717, 1.165) is 8.99 Å². The zero-order valence-electron chi connectivity index (χ0n) is 16.5. The predicted molar refractivity (Wildman–Crippen MR) is 111 cm³/mol. The van der Waals surface area contributed by atoms with Gasteiger partial charge in [0.1, 0.15) is 5.75 Å². The molecule has 0 saturated carbocycles. The molecule has 0 aliphatic rings. The molecule has 0 unspecified atom stereocenters. The number of amides is 1. The Hall–Kier alpha value is -2.96. The quantitative estimate of drug-likeness (QED) is 0.553. The third-order valence-corrected chi connectivity index (χ3v) is 6.78. The second-order valence-electron chi connectivity index (χ2n) is 6.32. The Morgan fingerprint density at radius 3 is 2.73 bits per heavy atom. The van der Waals surface area contributed by atoms with Gasteiger partial charge in [-0.15, -0.1) is 16.4 Å². The van der Waals surface area contributed by atoms with Gasteiger partial charge in [0, 0.05) is 20.5 Å². The number of anilines is 1. The van der Waals surface area contributed by atoms with Gasteiger partial charge in [0.05, 0.1) is 29.1 Å². The van der Waals surface area contributed by atoms with Crippen LogP contribution in [-0.4, -0.2) is 49.6 Å². The molecule has 0 atom stereocenters. The Morgan fingerprint density at radius 1 is 1.33 bits per heavy atom. The molecule has 0 saturated heterocycles. The van der Waals surface area contributed by atoms with Crippen LogP contribution in [0.5, 0.6) is 5.75 Å². The molecule has 0 spiro atoms. The molecule has 0 fully saturated rings. The fourth-order valence-corrected chi connectivity index (χ4v) is 4.10. The molecule has 1 amide bonds. The van der Waals surface area contributed by atoms with Gasteiger partial charge in [-0.2, -0.15) is 4.68 Å². The first-order valence-corrected chi connectivity index (χ1v) is 11.1. The Balaban J connectivity index is 1.73.